The summed E-state index contributed by atoms with van der Waals surface area (Å²) in [6.07, 6.45) is 2.69. The Bertz CT molecular complexity index is 758. The second-order valence-electron chi connectivity index (χ2n) is 5.31. The third-order valence-electron chi connectivity index (χ3n) is 3.90. The van der Waals surface area contributed by atoms with E-state index in [1.807, 2.05) is 13.0 Å². The molecule has 3 rings (SSSR count). The zero-order valence-corrected chi connectivity index (χ0v) is 14.3. The average Bonchev–Trinajstić information content (AvgIpc) is 2.52. The van der Waals surface area contributed by atoms with E-state index < -0.39 is 0 Å². The maximum atomic E-state index is 12.0. The zero-order chi connectivity index (χ0) is 15.7. The van der Waals surface area contributed by atoms with Crippen LogP contribution in [0.25, 0.3) is 0 Å². The first-order valence-electron chi connectivity index (χ1n) is 7.31. The minimum Gasteiger partial charge on any atom is -0.494 e. The molecule has 0 radical (unpaired) electrons. The van der Waals surface area contributed by atoms with Crippen LogP contribution in [0.4, 0.5) is 5.69 Å². The molecule has 0 saturated heterocycles. The summed E-state index contributed by atoms with van der Waals surface area (Å²) in [7, 11) is 1.65. The quantitative estimate of drug-likeness (QED) is 0.840. The average molecular weight is 364 g/mol. The lowest BCUT2D eigenvalue weighted by Crippen LogP contribution is -2.33. The van der Waals surface area contributed by atoms with E-state index >= 15 is 0 Å². The summed E-state index contributed by atoms with van der Waals surface area (Å²) in [5.74, 6) is 0.893. The van der Waals surface area contributed by atoms with Gasteiger partial charge in [-0.3, -0.25) is 4.79 Å². The highest BCUT2D eigenvalue weighted by Crippen LogP contribution is 2.29. The van der Waals surface area contributed by atoms with Gasteiger partial charge in [0.05, 0.1) is 18.5 Å². The topological polar surface area (TPSA) is 47.4 Å². The second kappa shape index (κ2) is 6.12. The number of benzene rings is 1. The second-order valence-corrected chi connectivity index (χ2v) is 6.10. The molecule has 0 fully saturated rings. The molecule has 1 aromatic heterocycles. The molecular formula is C16H18BrN3O2. The maximum absolute atomic E-state index is 12.0. The molecule has 1 aliphatic rings. The number of rotatable bonds is 3. The van der Waals surface area contributed by atoms with Crippen LogP contribution in [-0.2, 0) is 20.0 Å². The zero-order valence-electron chi connectivity index (χ0n) is 12.7. The number of hydrogen-bond acceptors (Lipinski definition) is 4. The molecule has 22 heavy (non-hydrogen) atoms. The van der Waals surface area contributed by atoms with Crippen molar-refractivity contribution in [3.05, 3.63) is 50.3 Å². The van der Waals surface area contributed by atoms with Gasteiger partial charge < -0.3 is 9.64 Å². The van der Waals surface area contributed by atoms with Crippen molar-refractivity contribution in [2.75, 3.05) is 18.1 Å². The lowest BCUT2D eigenvalue weighted by molar-refractivity contribution is 0.339. The van der Waals surface area contributed by atoms with Crippen molar-refractivity contribution in [1.82, 2.24) is 9.78 Å². The van der Waals surface area contributed by atoms with Gasteiger partial charge in [-0.25, -0.2) is 4.68 Å². The highest BCUT2D eigenvalue weighted by Gasteiger charge is 2.20. The van der Waals surface area contributed by atoms with Crippen LogP contribution in [0.3, 0.4) is 0 Å². The minimum absolute atomic E-state index is 0.119. The van der Waals surface area contributed by atoms with E-state index in [0.29, 0.717) is 11.1 Å². The van der Waals surface area contributed by atoms with Crippen LogP contribution in [0.2, 0.25) is 0 Å². The molecule has 2 aromatic rings. The van der Waals surface area contributed by atoms with E-state index in [1.165, 1.54) is 15.8 Å². The Morgan fingerprint density at radius 2 is 2.18 bits per heavy atom. The number of fused-ring (bicyclic) bond motifs is 1. The van der Waals surface area contributed by atoms with E-state index in [4.69, 9.17) is 4.74 Å². The van der Waals surface area contributed by atoms with Crippen LogP contribution < -0.4 is 15.2 Å². The molecule has 6 heteroatoms. The van der Waals surface area contributed by atoms with Gasteiger partial charge in [-0.2, -0.15) is 5.10 Å². The number of nitrogens with zero attached hydrogens (tertiary/aromatic N) is 3. The van der Waals surface area contributed by atoms with E-state index in [0.717, 1.165) is 30.9 Å². The molecular weight excluding hydrogens is 346 g/mol. The van der Waals surface area contributed by atoms with Crippen molar-refractivity contribution < 1.29 is 4.74 Å². The van der Waals surface area contributed by atoms with Crippen molar-refractivity contribution in [1.29, 1.82) is 0 Å². The molecule has 0 bridgehead atoms. The van der Waals surface area contributed by atoms with Gasteiger partial charge in [0.25, 0.3) is 5.56 Å². The van der Waals surface area contributed by atoms with Crippen LogP contribution in [-0.4, -0.2) is 22.9 Å². The van der Waals surface area contributed by atoms with Crippen LogP contribution in [0.1, 0.15) is 18.1 Å². The van der Waals surface area contributed by atoms with Gasteiger partial charge in [0, 0.05) is 20.1 Å². The van der Waals surface area contributed by atoms with Crippen molar-refractivity contribution in [3.8, 4) is 5.75 Å². The van der Waals surface area contributed by atoms with Crippen LogP contribution in [0, 0.1) is 0 Å². The fourth-order valence-corrected chi connectivity index (χ4v) is 3.33. The number of anilines is 1. The normalized spacial score (nSPS) is 13.9. The third-order valence-corrected chi connectivity index (χ3v) is 4.65. The molecule has 0 saturated carbocycles. The maximum Gasteiger partial charge on any atom is 0.282 e. The van der Waals surface area contributed by atoms with Crippen molar-refractivity contribution in [2.45, 2.75) is 19.9 Å². The first kappa shape index (κ1) is 15.1. The lowest BCUT2D eigenvalue weighted by atomic mass is 9.99. The Kier molecular flexibility index (Phi) is 4.20. The van der Waals surface area contributed by atoms with E-state index in [-0.39, 0.29) is 5.56 Å². The van der Waals surface area contributed by atoms with Gasteiger partial charge >= 0.3 is 0 Å². The minimum atomic E-state index is -0.119. The fourth-order valence-electron chi connectivity index (χ4n) is 2.72. The Morgan fingerprint density at radius 1 is 1.36 bits per heavy atom. The summed E-state index contributed by atoms with van der Waals surface area (Å²) >= 11 is 3.41. The van der Waals surface area contributed by atoms with Crippen molar-refractivity contribution in [2.24, 2.45) is 7.05 Å². The number of ether oxygens (including phenoxy) is 1. The first-order chi connectivity index (χ1) is 10.6. The molecule has 5 nitrogen and oxygen atoms in total. The van der Waals surface area contributed by atoms with Gasteiger partial charge in [0.2, 0.25) is 0 Å². The van der Waals surface area contributed by atoms with Gasteiger partial charge in [-0.15, -0.1) is 0 Å². The van der Waals surface area contributed by atoms with E-state index in [1.54, 1.807) is 13.2 Å². The molecule has 0 aliphatic carbocycles. The number of aromatic nitrogens is 2. The molecule has 0 atom stereocenters. The summed E-state index contributed by atoms with van der Waals surface area (Å²) in [6, 6.07) is 6.25. The Hall–Kier alpha value is -1.82. The number of aryl methyl sites for hydroxylation is 1. The molecule has 2 heterocycles. The van der Waals surface area contributed by atoms with Crippen LogP contribution in [0.15, 0.2) is 33.7 Å². The summed E-state index contributed by atoms with van der Waals surface area (Å²) in [5, 5.41) is 4.13. The third kappa shape index (κ3) is 2.75. The SMILES string of the molecule is CCOc1ccc2c(c1)CN(c1cnn(C)c(=O)c1Br)CC2. The van der Waals surface area contributed by atoms with Crippen molar-refractivity contribution in [3.63, 3.8) is 0 Å². The Labute approximate surface area is 137 Å². The van der Waals surface area contributed by atoms with Crippen molar-refractivity contribution >= 4 is 21.6 Å². The van der Waals surface area contributed by atoms with Gasteiger partial charge in [-0.05, 0) is 52.5 Å². The molecule has 116 valence electrons. The van der Waals surface area contributed by atoms with Gasteiger partial charge in [0.1, 0.15) is 10.2 Å². The summed E-state index contributed by atoms with van der Waals surface area (Å²) in [6.45, 7) is 4.26. The predicted octanol–water partition coefficient (Wildman–Crippen LogP) is 2.50. The predicted molar refractivity (Wildman–Crippen MR) is 89.5 cm³/mol. The largest absolute Gasteiger partial charge is 0.494 e. The van der Waals surface area contributed by atoms with Crippen LogP contribution >= 0.6 is 15.9 Å². The summed E-state index contributed by atoms with van der Waals surface area (Å²) < 4.78 is 7.47. The monoisotopic (exact) mass is 363 g/mol. The highest BCUT2D eigenvalue weighted by molar-refractivity contribution is 9.10. The molecule has 0 spiro atoms. The number of hydrogen-bond donors (Lipinski definition) is 0. The van der Waals surface area contributed by atoms with Gasteiger partial charge in [-0.1, -0.05) is 6.07 Å². The number of halogens is 1. The smallest absolute Gasteiger partial charge is 0.282 e. The van der Waals surface area contributed by atoms with Crippen LogP contribution in [0.5, 0.6) is 5.75 Å². The van der Waals surface area contributed by atoms with E-state index in [2.05, 4.69) is 38.1 Å². The standard InChI is InChI=1S/C16H18BrN3O2/c1-3-22-13-5-4-11-6-7-20(10-12(11)8-13)14-9-18-19(2)16(21)15(14)17/h4-5,8-9H,3,6-7,10H2,1-2H3. The van der Waals surface area contributed by atoms with Gasteiger partial charge in [0.15, 0.2) is 0 Å². The molecule has 0 unspecified atom stereocenters. The summed E-state index contributed by atoms with van der Waals surface area (Å²) in [5.41, 5.74) is 3.30. The van der Waals surface area contributed by atoms with E-state index in [9.17, 15) is 4.79 Å². The highest BCUT2D eigenvalue weighted by atomic mass is 79.9. The Morgan fingerprint density at radius 3 is 2.95 bits per heavy atom. The first-order valence-corrected chi connectivity index (χ1v) is 8.10. The molecule has 0 N–H and O–H groups in total. The molecule has 0 amide bonds. The Balaban J connectivity index is 1.92. The molecule has 1 aliphatic heterocycles. The fraction of sp³-hybridized carbons (Fsp3) is 0.375. The molecule has 1 aromatic carbocycles. The summed E-state index contributed by atoms with van der Waals surface area (Å²) in [4.78, 5) is 14.2. The lowest BCUT2D eigenvalue weighted by Gasteiger charge is -2.31.